The number of terminal acetylenes is 1. The van der Waals surface area contributed by atoms with Gasteiger partial charge < -0.3 is 5.32 Å². The summed E-state index contributed by atoms with van der Waals surface area (Å²) in [4.78, 5) is 11.2. The Morgan fingerprint density at radius 2 is 2.53 bits per heavy atom. The molecule has 15 heavy (non-hydrogen) atoms. The Morgan fingerprint density at radius 1 is 1.80 bits per heavy atom. The van der Waals surface area contributed by atoms with E-state index in [1.165, 1.54) is 0 Å². The first kappa shape index (κ1) is 11.8. The Hall–Kier alpha value is -1.28. The number of anilines is 1. The van der Waals surface area contributed by atoms with Gasteiger partial charge in [0.2, 0.25) is 0 Å². The number of hydrogen-bond donors (Lipinski definition) is 2. The molecule has 0 fully saturated rings. The van der Waals surface area contributed by atoms with E-state index in [4.69, 9.17) is 6.42 Å². The summed E-state index contributed by atoms with van der Waals surface area (Å²) in [6.07, 6.45) is 8.31. The predicted octanol–water partition coefficient (Wildman–Crippen LogP) is 1.75. The quantitative estimate of drug-likeness (QED) is 0.819. The van der Waals surface area contributed by atoms with Crippen molar-refractivity contribution in [3.8, 4) is 12.3 Å². The first-order valence-corrected chi connectivity index (χ1v) is 5.41. The number of aromatic nitrogens is 2. The fourth-order valence-electron chi connectivity index (χ4n) is 1.14. The van der Waals surface area contributed by atoms with E-state index in [9.17, 15) is 4.79 Å². The highest BCUT2D eigenvalue weighted by atomic mass is 79.9. The number of rotatable bonds is 4. The van der Waals surface area contributed by atoms with Gasteiger partial charge in [-0.15, -0.1) is 12.3 Å². The Kier molecular flexibility index (Phi) is 4.37. The molecule has 0 saturated carbocycles. The highest BCUT2D eigenvalue weighted by Gasteiger charge is 2.09. The summed E-state index contributed by atoms with van der Waals surface area (Å²) in [6, 6.07) is 0.162. The van der Waals surface area contributed by atoms with E-state index in [-0.39, 0.29) is 11.6 Å². The van der Waals surface area contributed by atoms with Crippen molar-refractivity contribution in [2.45, 2.75) is 25.8 Å². The SMILES string of the molecule is C#CCC(CC)Nc1cn[nH]c(=O)c1Br. The van der Waals surface area contributed by atoms with Crippen LogP contribution in [0.15, 0.2) is 15.5 Å². The summed E-state index contributed by atoms with van der Waals surface area (Å²) >= 11 is 3.19. The van der Waals surface area contributed by atoms with Gasteiger partial charge in [0, 0.05) is 12.5 Å². The third-order valence-electron chi connectivity index (χ3n) is 2.01. The fourth-order valence-corrected chi connectivity index (χ4v) is 1.45. The van der Waals surface area contributed by atoms with Gasteiger partial charge in [0.05, 0.1) is 11.9 Å². The van der Waals surface area contributed by atoms with Crippen LogP contribution in [0.3, 0.4) is 0 Å². The van der Waals surface area contributed by atoms with Crippen molar-refractivity contribution in [1.29, 1.82) is 0 Å². The molecule has 80 valence electrons. The van der Waals surface area contributed by atoms with E-state index in [2.05, 4.69) is 37.4 Å². The van der Waals surface area contributed by atoms with E-state index in [1.807, 2.05) is 6.92 Å². The minimum absolute atomic E-state index is 0.162. The van der Waals surface area contributed by atoms with Crippen molar-refractivity contribution >= 4 is 21.6 Å². The number of nitrogens with zero attached hydrogens (tertiary/aromatic N) is 1. The Bertz CT molecular complexity index is 421. The van der Waals surface area contributed by atoms with Gasteiger partial charge in [0.1, 0.15) is 4.47 Å². The van der Waals surface area contributed by atoms with Gasteiger partial charge in [-0.25, -0.2) is 5.10 Å². The molecule has 0 aliphatic heterocycles. The number of nitrogens with one attached hydrogen (secondary N) is 2. The molecule has 0 spiro atoms. The zero-order valence-corrected chi connectivity index (χ0v) is 9.97. The van der Waals surface area contributed by atoms with Gasteiger partial charge in [-0.2, -0.15) is 5.10 Å². The molecule has 1 atom stereocenters. The van der Waals surface area contributed by atoms with Crippen LogP contribution >= 0.6 is 15.9 Å². The third-order valence-corrected chi connectivity index (χ3v) is 2.80. The number of hydrogen-bond acceptors (Lipinski definition) is 3. The standard InChI is InChI=1S/C10H12BrN3O/c1-3-5-7(4-2)13-8-6-12-14-10(15)9(8)11/h1,6-7H,4-5H2,2H3,(H2,13,14,15). The van der Waals surface area contributed by atoms with Gasteiger partial charge in [-0.3, -0.25) is 4.79 Å². The van der Waals surface area contributed by atoms with Gasteiger partial charge in [0.15, 0.2) is 0 Å². The van der Waals surface area contributed by atoms with Crippen LogP contribution in [0, 0.1) is 12.3 Å². The lowest BCUT2D eigenvalue weighted by molar-refractivity contribution is 0.713. The summed E-state index contributed by atoms with van der Waals surface area (Å²) in [5, 5.41) is 9.21. The predicted molar refractivity (Wildman–Crippen MR) is 63.7 cm³/mol. The topological polar surface area (TPSA) is 57.8 Å². The van der Waals surface area contributed by atoms with E-state index >= 15 is 0 Å². The van der Waals surface area contributed by atoms with E-state index < -0.39 is 0 Å². The van der Waals surface area contributed by atoms with Crippen LogP contribution in [0.1, 0.15) is 19.8 Å². The molecule has 0 aromatic carbocycles. The number of aromatic amines is 1. The molecule has 0 aliphatic carbocycles. The molecule has 0 amide bonds. The molecule has 0 aliphatic rings. The average Bonchev–Trinajstić information content (AvgIpc) is 2.24. The lowest BCUT2D eigenvalue weighted by Gasteiger charge is -2.15. The van der Waals surface area contributed by atoms with Gasteiger partial charge in [-0.05, 0) is 22.4 Å². The van der Waals surface area contributed by atoms with Crippen molar-refractivity contribution < 1.29 is 0 Å². The molecule has 0 radical (unpaired) electrons. The van der Waals surface area contributed by atoms with Crippen molar-refractivity contribution in [1.82, 2.24) is 10.2 Å². The summed E-state index contributed by atoms with van der Waals surface area (Å²) in [5.74, 6) is 2.59. The average molecular weight is 270 g/mol. The maximum atomic E-state index is 11.2. The summed E-state index contributed by atoms with van der Waals surface area (Å²) < 4.78 is 0.452. The summed E-state index contributed by atoms with van der Waals surface area (Å²) in [6.45, 7) is 2.03. The third kappa shape index (κ3) is 3.10. The first-order valence-electron chi connectivity index (χ1n) is 4.62. The number of H-pyrrole nitrogens is 1. The molecule has 1 aromatic rings. The molecule has 1 unspecified atom stereocenters. The number of halogens is 1. The van der Waals surface area contributed by atoms with Gasteiger partial charge in [0.25, 0.3) is 5.56 Å². The minimum Gasteiger partial charge on any atom is -0.379 e. The Balaban J connectivity index is 2.84. The highest BCUT2D eigenvalue weighted by Crippen LogP contribution is 2.17. The zero-order chi connectivity index (χ0) is 11.3. The summed E-state index contributed by atoms with van der Waals surface area (Å²) in [5.41, 5.74) is 0.413. The maximum Gasteiger partial charge on any atom is 0.280 e. The molecule has 0 bridgehead atoms. The van der Waals surface area contributed by atoms with Crippen LogP contribution in [0.2, 0.25) is 0 Å². The molecule has 5 heteroatoms. The van der Waals surface area contributed by atoms with Crippen LogP contribution < -0.4 is 10.9 Å². The van der Waals surface area contributed by atoms with Crippen molar-refractivity contribution in [3.05, 3.63) is 21.0 Å². The monoisotopic (exact) mass is 269 g/mol. The lowest BCUT2D eigenvalue weighted by Crippen LogP contribution is -2.20. The van der Waals surface area contributed by atoms with Crippen LogP contribution in [0.5, 0.6) is 0 Å². The van der Waals surface area contributed by atoms with Gasteiger partial charge >= 0.3 is 0 Å². The molecule has 1 aromatic heterocycles. The van der Waals surface area contributed by atoms with Crippen LogP contribution in [0.4, 0.5) is 5.69 Å². The second-order valence-corrected chi connectivity index (χ2v) is 3.88. The minimum atomic E-state index is -0.254. The molecule has 1 heterocycles. The van der Waals surface area contributed by atoms with E-state index in [1.54, 1.807) is 6.20 Å². The normalized spacial score (nSPS) is 11.8. The van der Waals surface area contributed by atoms with Crippen LogP contribution in [0.25, 0.3) is 0 Å². The first-order chi connectivity index (χ1) is 7.19. The Labute approximate surface area is 96.6 Å². The fraction of sp³-hybridized carbons (Fsp3) is 0.400. The molecule has 0 saturated heterocycles. The molecule has 4 nitrogen and oxygen atoms in total. The van der Waals surface area contributed by atoms with E-state index in [0.29, 0.717) is 16.6 Å². The second kappa shape index (κ2) is 5.56. The lowest BCUT2D eigenvalue weighted by atomic mass is 10.1. The molecular weight excluding hydrogens is 258 g/mol. The van der Waals surface area contributed by atoms with Crippen molar-refractivity contribution in [2.75, 3.05) is 5.32 Å². The van der Waals surface area contributed by atoms with Gasteiger partial charge in [-0.1, -0.05) is 6.92 Å². The van der Waals surface area contributed by atoms with Crippen molar-refractivity contribution in [3.63, 3.8) is 0 Å². The van der Waals surface area contributed by atoms with Crippen LogP contribution in [-0.4, -0.2) is 16.2 Å². The zero-order valence-electron chi connectivity index (χ0n) is 8.38. The molecule has 1 rings (SSSR count). The summed E-state index contributed by atoms with van der Waals surface area (Å²) in [7, 11) is 0. The largest absolute Gasteiger partial charge is 0.379 e. The smallest absolute Gasteiger partial charge is 0.280 e. The molecular formula is C10H12BrN3O. The molecule has 2 N–H and O–H groups in total. The van der Waals surface area contributed by atoms with Crippen molar-refractivity contribution in [2.24, 2.45) is 0 Å². The Morgan fingerprint density at radius 3 is 3.13 bits per heavy atom. The van der Waals surface area contributed by atoms with Crippen LogP contribution in [-0.2, 0) is 0 Å². The highest BCUT2D eigenvalue weighted by molar-refractivity contribution is 9.10. The second-order valence-electron chi connectivity index (χ2n) is 3.08. The maximum absolute atomic E-state index is 11.2. The van der Waals surface area contributed by atoms with E-state index in [0.717, 1.165) is 6.42 Å².